The van der Waals surface area contributed by atoms with Gasteiger partial charge in [-0.25, -0.2) is 4.99 Å². The van der Waals surface area contributed by atoms with Crippen LogP contribution in [0.25, 0.3) is 0 Å². The highest BCUT2D eigenvalue weighted by atomic mass is 28.3. The van der Waals surface area contributed by atoms with Crippen molar-refractivity contribution in [3.63, 3.8) is 0 Å². The fourth-order valence-electron chi connectivity index (χ4n) is 3.82. The molecule has 0 saturated heterocycles. The number of hydrogen-bond donors (Lipinski definition) is 1. The Morgan fingerprint density at radius 1 is 1.30 bits per heavy atom. The first kappa shape index (κ1) is 19.3. The van der Waals surface area contributed by atoms with E-state index in [0.717, 1.165) is 35.4 Å². The molecule has 1 N–H and O–H groups in total. The third-order valence-electron chi connectivity index (χ3n) is 5.31. The Balaban J connectivity index is 2.13. The van der Waals surface area contributed by atoms with Crippen LogP contribution in [0, 0.1) is 0 Å². The third-order valence-corrected chi connectivity index (χ3v) is 9.85. The molecule has 6 heteroatoms. The molecule has 1 atom stereocenters. The molecule has 1 heterocycles. The standard InChI is InChI=1S/C21H27N3O2Si/c1-5-22-15-8-10-17-19(13-15)27(4,12-6-7-21(25)26)20-14-16(24(2)3)9-11-18(20)23-17/h8-11,13-14H,5-7,12H2,1-4H3,(H,25,26). The van der Waals surface area contributed by atoms with E-state index in [0.29, 0.717) is 6.42 Å². The molecule has 0 amide bonds. The maximum atomic E-state index is 11.1. The Morgan fingerprint density at radius 3 is 2.74 bits per heavy atom. The average Bonchev–Trinajstić information content (AvgIpc) is 2.62. The van der Waals surface area contributed by atoms with Gasteiger partial charge in [0.15, 0.2) is 0 Å². The second-order valence-electron chi connectivity index (χ2n) is 7.46. The van der Waals surface area contributed by atoms with Crippen molar-refractivity contribution in [2.45, 2.75) is 32.4 Å². The molecule has 1 aromatic rings. The van der Waals surface area contributed by atoms with Crippen LogP contribution >= 0.6 is 0 Å². The van der Waals surface area contributed by atoms with Gasteiger partial charge in [0.05, 0.1) is 17.1 Å². The number of benzene rings is 1. The summed E-state index contributed by atoms with van der Waals surface area (Å²) in [6, 6.07) is 7.33. The van der Waals surface area contributed by atoms with Crippen LogP contribution in [0.5, 0.6) is 0 Å². The van der Waals surface area contributed by atoms with E-state index in [4.69, 9.17) is 10.1 Å². The maximum absolute atomic E-state index is 11.1. The lowest BCUT2D eigenvalue weighted by atomic mass is 10.1. The minimum absolute atomic E-state index is 0.205. The van der Waals surface area contributed by atoms with Crippen LogP contribution in [0.2, 0.25) is 12.6 Å². The number of nitrogens with zero attached hydrogens (tertiary/aromatic N) is 3. The van der Waals surface area contributed by atoms with Crippen molar-refractivity contribution in [2.75, 3.05) is 25.5 Å². The number of carbonyl (C=O) groups is 1. The summed E-state index contributed by atoms with van der Waals surface area (Å²) in [7, 11) is 1.95. The van der Waals surface area contributed by atoms with E-state index in [1.165, 1.54) is 10.4 Å². The molecule has 1 aliphatic heterocycles. The number of carboxylic acids is 1. The van der Waals surface area contributed by atoms with E-state index in [9.17, 15) is 4.79 Å². The van der Waals surface area contributed by atoms with E-state index in [-0.39, 0.29) is 6.42 Å². The van der Waals surface area contributed by atoms with Gasteiger partial charge in [0.25, 0.3) is 0 Å². The van der Waals surface area contributed by atoms with Crippen molar-refractivity contribution in [2.24, 2.45) is 9.98 Å². The SMILES string of the molecule is CCN=C1C=CC2=Nc3ccc(N(C)C)cc3[Si](C)(CCCC(=O)O)C2=C1. The fourth-order valence-corrected chi connectivity index (χ4v) is 7.88. The molecular weight excluding hydrogens is 354 g/mol. The highest BCUT2D eigenvalue weighted by molar-refractivity contribution is 7.02. The average molecular weight is 382 g/mol. The summed E-state index contributed by atoms with van der Waals surface area (Å²) in [6.07, 6.45) is 7.15. The van der Waals surface area contributed by atoms with Crippen molar-refractivity contribution < 1.29 is 9.90 Å². The summed E-state index contributed by atoms with van der Waals surface area (Å²) >= 11 is 0. The molecule has 0 spiro atoms. The molecule has 1 unspecified atom stereocenters. The summed E-state index contributed by atoms with van der Waals surface area (Å²) in [5.41, 5.74) is 4.17. The number of allylic oxidation sites excluding steroid dienone is 4. The van der Waals surface area contributed by atoms with Gasteiger partial charge in [0.2, 0.25) is 0 Å². The molecule has 142 valence electrons. The highest BCUT2D eigenvalue weighted by Crippen LogP contribution is 2.35. The smallest absolute Gasteiger partial charge is 0.303 e. The molecule has 1 aromatic carbocycles. The van der Waals surface area contributed by atoms with Gasteiger partial charge >= 0.3 is 5.97 Å². The Kier molecular flexibility index (Phi) is 5.46. The van der Waals surface area contributed by atoms with Crippen molar-refractivity contribution >= 4 is 42.0 Å². The summed E-state index contributed by atoms with van der Waals surface area (Å²) in [5.74, 6) is -0.731. The molecule has 2 aliphatic rings. The number of hydrogen-bond acceptors (Lipinski definition) is 4. The first-order chi connectivity index (χ1) is 12.8. The topological polar surface area (TPSA) is 65.3 Å². The van der Waals surface area contributed by atoms with Crippen LogP contribution in [0.3, 0.4) is 0 Å². The second kappa shape index (κ2) is 7.64. The Labute approximate surface area is 161 Å². The fraction of sp³-hybridized carbons (Fsp3) is 0.381. The molecule has 27 heavy (non-hydrogen) atoms. The van der Waals surface area contributed by atoms with Crippen molar-refractivity contribution in [1.29, 1.82) is 0 Å². The first-order valence-corrected chi connectivity index (χ1v) is 12.1. The number of carboxylic acid groups (broad SMARTS) is 1. The van der Waals surface area contributed by atoms with Gasteiger partial charge < -0.3 is 10.0 Å². The second-order valence-corrected chi connectivity index (χ2v) is 11.7. The van der Waals surface area contributed by atoms with Crippen molar-refractivity contribution in [3.8, 4) is 0 Å². The molecular formula is C21H27N3O2Si. The van der Waals surface area contributed by atoms with E-state index < -0.39 is 14.0 Å². The number of anilines is 1. The lowest BCUT2D eigenvalue weighted by Crippen LogP contribution is -2.52. The molecule has 0 saturated carbocycles. The van der Waals surface area contributed by atoms with E-state index in [1.54, 1.807) is 0 Å². The number of aliphatic carboxylic acids is 1. The van der Waals surface area contributed by atoms with Crippen LogP contribution in [0.15, 0.2) is 51.6 Å². The van der Waals surface area contributed by atoms with E-state index in [2.05, 4.69) is 46.8 Å². The van der Waals surface area contributed by atoms with Gasteiger partial charge in [0, 0.05) is 32.7 Å². The Morgan fingerprint density at radius 2 is 2.07 bits per heavy atom. The molecule has 0 bridgehead atoms. The maximum Gasteiger partial charge on any atom is 0.303 e. The monoisotopic (exact) mass is 381 g/mol. The molecule has 5 nitrogen and oxygen atoms in total. The number of rotatable bonds is 6. The van der Waals surface area contributed by atoms with Crippen LogP contribution < -0.4 is 10.1 Å². The molecule has 1 aliphatic carbocycles. The van der Waals surface area contributed by atoms with Crippen LogP contribution in [0.4, 0.5) is 11.4 Å². The zero-order valence-electron chi connectivity index (χ0n) is 16.5. The summed E-state index contributed by atoms with van der Waals surface area (Å²) < 4.78 is 0. The molecule has 0 radical (unpaired) electrons. The summed E-state index contributed by atoms with van der Waals surface area (Å²) in [4.78, 5) is 22.7. The predicted octanol–water partition coefficient (Wildman–Crippen LogP) is 3.49. The zero-order chi connectivity index (χ0) is 19.6. The van der Waals surface area contributed by atoms with Crippen LogP contribution in [0.1, 0.15) is 19.8 Å². The first-order valence-electron chi connectivity index (χ1n) is 9.42. The van der Waals surface area contributed by atoms with Gasteiger partial charge in [-0.1, -0.05) is 6.55 Å². The normalized spacial score (nSPS) is 22.0. The minimum atomic E-state index is -2.13. The molecule has 0 fully saturated rings. The van der Waals surface area contributed by atoms with Crippen LogP contribution in [-0.4, -0.2) is 51.2 Å². The summed E-state index contributed by atoms with van der Waals surface area (Å²) in [5, 5.41) is 11.7. The zero-order valence-corrected chi connectivity index (χ0v) is 17.5. The highest BCUT2D eigenvalue weighted by Gasteiger charge is 2.41. The van der Waals surface area contributed by atoms with Gasteiger partial charge in [-0.3, -0.25) is 9.79 Å². The van der Waals surface area contributed by atoms with Gasteiger partial charge in [-0.2, -0.15) is 0 Å². The number of aliphatic imine (C=N–C) groups is 2. The Hall–Kier alpha value is -2.47. The minimum Gasteiger partial charge on any atom is -0.481 e. The largest absolute Gasteiger partial charge is 0.481 e. The van der Waals surface area contributed by atoms with Crippen molar-refractivity contribution in [3.05, 3.63) is 41.6 Å². The lowest BCUT2D eigenvalue weighted by Gasteiger charge is -2.37. The third kappa shape index (κ3) is 3.81. The molecule has 0 aromatic heterocycles. The van der Waals surface area contributed by atoms with Gasteiger partial charge in [-0.15, -0.1) is 0 Å². The van der Waals surface area contributed by atoms with E-state index >= 15 is 0 Å². The predicted molar refractivity (Wildman–Crippen MR) is 116 cm³/mol. The Bertz CT molecular complexity index is 883. The van der Waals surface area contributed by atoms with Gasteiger partial charge in [-0.05, 0) is 66.2 Å². The van der Waals surface area contributed by atoms with E-state index in [1.807, 2.05) is 27.1 Å². The molecule has 3 rings (SSSR count). The lowest BCUT2D eigenvalue weighted by molar-refractivity contribution is -0.137. The number of fused-ring (bicyclic) bond motifs is 2. The van der Waals surface area contributed by atoms with Gasteiger partial charge in [0.1, 0.15) is 8.07 Å². The van der Waals surface area contributed by atoms with Crippen LogP contribution in [-0.2, 0) is 4.79 Å². The van der Waals surface area contributed by atoms with Crippen molar-refractivity contribution in [1.82, 2.24) is 0 Å². The quantitative estimate of drug-likeness (QED) is 0.606. The summed E-state index contributed by atoms with van der Waals surface area (Å²) in [6.45, 7) is 5.12.